The zero-order valence-electron chi connectivity index (χ0n) is 11.2. The zero-order valence-corrected chi connectivity index (χ0v) is 12.0. The molecule has 5 rings (SSSR count). The van der Waals surface area contributed by atoms with Crippen molar-refractivity contribution in [2.24, 2.45) is 0 Å². The number of nitrogens with one attached hydrogen (secondary N) is 1. The minimum Gasteiger partial charge on any atom is -0.355 e. The highest BCUT2D eigenvalue weighted by Crippen LogP contribution is 2.42. The van der Waals surface area contributed by atoms with Gasteiger partial charge in [0.2, 0.25) is 0 Å². The lowest BCUT2D eigenvalue weighted by atomic mass is 9.98. The molecule has 0 radical (unpaired) electrons. The van der Waals surface area contributed by atoms with E-state index < -0.39 is 0 Å². The number of H-pyrrole nitrogens is 1. The van der Waals surface area contributed by atoms with Gasteiger partial charge in [-0.3, -0.25) is 0 Å². The molecule has 2 aromatic heterocycles. The van der Waals surface area contributed by atoms with E-state index in [9.17, 15) is 0 Å². The molecule has 2 heterocycles. The van der Waals surface area contributed by atoms with Crippen LogP contribution >= 0.6 is 11.3 Å². The summed E-state index contributed by atoms with van der Waals surface area (Å²) in [7, 11) is 0. The summed E-state index contributed by atoms with van der Waals surface area (Å²) < 4.78 is 1.49. The molecular weight excluding hydrogens is 262 g/mol. The topological polar surface area (TPSA) is 15.8 Å². The quantitative estimate of drug-likeness (QED) is 0.574. The van der Waals surface area contributed by atoms with Gasteiger partial charge in [0.25, 0.3) is 0 Å². The van der Waals surface area contributed by atoms with Crippen molar-refractivity contribution in [1.29, 1.82) is 0 Å². The fraction of sp³-hybridized carbons (Fsp3) is 0.222. The van der Waals surface area contributed by atoms with Gasteiger partial charge in [-0.2, -0.15) is 0 Å². The first-order valence-corrected chi connectivity index (χ1v) is 8.15. The number of benzene rings is 1. The molecule has 98 valence electrons. The van der Waals surface area contributed by atoms with E-state index in [-0.39, 0.29) is 0 Å². The number of aromatic nitrogens is 1. The first-order chi connectivity index (χ1) is 9.92. The number of fused-ring (bicyclic) bond motifs is 7. The Morgan fingerprint density at radius 1 is 1.00 bits per heavy atom. The lowest BCUT2D eigenvalue weighted by Gasteiger charge is -2.05. The van der Waals surface area contributed by atoms with Crippen LogP contribution in [0.3, 0.4) is 0 Å². The Labute approximate surface area is 121 Å². The van der Waals surface area contributed by atoms with Gasteiger partial charge in [0.1, 0.15) is 0 Å². The maximum absolute atomic E-state index is 3.59. The molecule has 2 heteroatoms. The van der Waals surface area contributed by atoms with Crippen molar-refractivity contribution < 1.29 is 0 Å². The average molecular weight is 277 g/mol. The first-order valence-electron chi connectivity index (χ1n) is 7.34. The molecule has 0 spiro atoms. The van der Waals surface area contributed by atoms with Crippen molar-refractivity contribution in [3.05, 3.63) is 46.0 Å². The monoisotopic (exact) mass is 277 g/mol. The largest absolute Gasteiger partial charge is 0.355 e. The van der Waals surface area contributed by atoms with E-state index in [0.717, 1.165) is 0 Å². The minimum absolute atomic E-state index is 1.17. The third-order valence-electron chi connectivity index (χ3n) is 4.54. The summed E-state index contributed by atoms with van der Waals surface area (Å²) in [5.74, 6) is 0. The molecule has 0 amide bonds. The molecule has 20 heavy (non-hydrogen) atoms. The number of hydrogen-bond donors (Lipinski definition) is 1. The van der Waals surface area contributed by atoms with E-state index in [0.29, 0.717) is 0 Å². The number of hydrogen-bond acceptors (Lipinski definition) is 1. The van der Waals surface area contributed by atoms with Crippen LogP contribution < -0.4 is 0 Å². The maximum atomic E-state index is 3.59. The summed E-state index contributed by atoms with van der Waals surface area (Å²) in [6.07, 6.45) is 13.9. The summed E-state index contributed by atoms with van der Waals surface area (Å²) in [5, 5.41) is 2.93. The van der Waals surface area contributed by atoms with E-state index in [2.05, 4.69) is 41.4 Å². The van der Waals surface area contributed by atoms with Crippen LogP contribution in [0, 0.1) is 0 Å². The lowest BCUT2D eigenvalue weighted by molar-refractivity contribution is 0.993. The van der Waals surface area contributed by atoms with Crippen molar-refractivity contribution in [2.75, 3.05) is 0 Å². The smallest absolute Gasteiger partial charge is 0.0476 e. The molecule has 2 aliphatic rings. The standard InChI is InChI=1S/C18H15NS/c1-3-7-14-13(6-1)17-15(19-14)10-9-12-11-5-2-4-8-16(11)20-18(12)17/h2-3,5,7,9-10,19H,1,4,6,8H2. The molecule has 1 nitrogen and oxygen atoms in total. The predicted octanol–water partition coefficient (Wildman–Crippen LogP) is 5.30. The molecule has 0 atom stereocenters. The number of rotatable bonds is 0. The van der Waals surface area contributed by atoms with Gasteiger partial charge in [0.05, 0.1) is 0 Å². The molecular formula is C18H15NS. The van der Waals surface area contributed by atoms with Gasteiger partial charge < -0.3 is 4.98 Å². The van der Waals surface area contributed by atoms with Crippen molar-refractivity contribution in [3.8, 4) is 0 Å². The van der Waals surface area contributed by atoms with E-state index in [4.69, 9.17) is 0 Å². The normalized spacial score (nSPS) is 16.8. The molecule has 2 aliphatic carbocycles. The highest BCUT2D eigenvalue weighted by molar-refractivity contribution is 7.20. The van der Waals surface area contributed by atoms with E-state index >= 15 is 0 Å². The van der Waals surface area contributed by atoms with Gasteiger partial charge in [0, 0.05) is 31.6 Å². The Bertz CT molecular complexity index is 905. The van der Waals surface area contributed by atoms with Crippen molar-refractivity contribution in [1.82, 2.24) is 4.98 Å². The molecule has 0 bridgehead atoms. The Balaban J connectivity index is 1.96. The number of allylic oxidation sites excluding steroid dienone is 2. The fourth-order valence-electron chi connectivity index (χ4n) is 3.60. The molecule has 1 N–H and O–H groups in total. The zero-order chi connectivity index (χ0) is 13.1. The maximum Gasteiger partial charge on any atom is 0.0476 e. The third-order valence-corrected chi connectivity index (χ3v) is 5.84. The second kappa shape index (κ2) is 3.86. The van der Waals surface area contributed by atoms with E-state index in [1.165, 1.54) is 63.5 Å². The van der Waals surface area contributed by atoms with Gasteiger partial charge in [-0.1, -0.05) is 24.3 Å². The summed E-state index contributed by atoms with van der Waals surface area (Å²) in [4.78, 5) is 5.16. The highest BCUT2D eigenvalue weighted by Gasteiger charge is 2.19. The lowest BCUT2D eigenvalue weighted by Crippen LogP contribution is -1.90. The average Bonchev–Trinajstić information content (AvgIpc) is 3.04. The Hall–Kier alpha value is -1.80. The Morgan fingerprint density at radius 3 is 2.90 bits per heavy atom. The van der Waals surface area contributed by atoms with Gasteiger partial charge in [-0.15, -0.1) is 11.3 Å². The van der Waals surface area contributed by atoms with Crippen LogP contribution in [-0.2, 0) is 12.8 Å². The summed E-state index contributed by atoms with van der Waals surface area (Å²) >= 11 is 2.01. The third kappa shape index (κ3) is 1.32. The van der Waals surface area contributed by atoms with Crippen LogP contribution in [0.15, 0.2) is 24.3 Å². The second-order valence-electron chi connectivity index (χ2n) is 5.70. The van der Waals surface area contributed by atoms with Gasteiger partial charge >= 0.3 is 0 Å². The van der Waals surface area contributed by atoms with Gasteiger partial charge in [0.15, 0.2) is 0 Å². The molecule has 0 fully saturated rings. The van der Waals surface area contributed by atoms with Crippen molar-refractivity contribution in [2.45, 2.75) is 25.7 Å². The molecule has 3 aromatic rings. The summed E-state index contributed by atoms with van der Waals surface area (Å²) in [6.45, 7) is 0. The van der Waals surface area contributed by atoms with Crippen molar-refractivity contribution >= 4 is 44.5 Å². The number of thiophene rings is 1. The fourth-order valence-corrected chi connectivity index (χ4v) is 4.98. The van der Waals surface area contributed by atoms with E-state index in [1.54, 1.807) is 4.88 Å². The van der Waals surface area contributed by atoms with Crippen LogP contribution in [0.4, 0.5) is 0 Å². The first kappa shape index (κ1) is 10.9. The van der Waals surface area contributed by atoms with Crippen LogP contribution in [0.5, 0.6) is 0 Å². The van der Waals surface area contributed by atoms with E-state index in [1.807, 2.05) is 11.3 Å². The Morgan fingerprint density at radius 2 is 1.90 bits per heavy atom. The number of aromatic amines is 1. The molecule has 0 unspecified atom stereocenters. The second-order valence-corrected chi connectivity index (χ2v) is 6.81. The highest BCUT2D eigenvalue weighted by atomic mass is 32.1. The van der Waals surface area contributed by atoms with Gasteiger partial charge in [-0.05, 0) is 49.0 Å². The van der Waals surface area contributed by atoms with Gasteiger partial charge in [-0.25, -0.2) is 0 Å². The van der Waals surface area contributed by atoms with Crippen molar-refractivity contribution in [3.63, 3.8) is 0 Å². The summed E-state index contributed by atoms with van der Waals surface area (Å²) in [6, 6.07) is 4.56. The molecule has 1 aromatic carbocycles. The minimum atomic E-state index is 1.17. The summed E-state index contributed by atoms with van der Waals surface area (Å²) in [5.41, 5.74) is 5.62. The number of aryl methyl sites for hydroxylation is 2. The SMILES string of the molecule is C1=Cc2c(sc3c2ccc2[nH]c4c(c23)CCC=C4)CC1. The predicted molar refractivity (Wildman–Crippen MR) is 88.4 cm³/mol. The molecule has 0 saturated carbocycles. The van der Waals surface area contributed by atoms with Crippen LogP contribution in [-0.4, -0.2) is 4.98 Å². The van der Waals surface area contributed by atoms with Crippen LogP contribution in [0.1, 0.15) is 34.5 Å². The van der Waals surface area contributed by atoms with Crippen LogP contribution in [0.2, 0.25) is 0 Å². The molecule has 0 aliphatic heterocycles. The molecule has 0 saturated heterocycles. The Kier molecular flexibility index (Phi) is 2.11. The van der Waals surface area contributed by atoms with Crippen LogP contribution in [0.25, 0.3) is 33.1 Å².